The van der Waals surface area contributed by atoms with E-state index in [0.29, 0.717) is 0 Å². The fraction of sp³-hybridized carbons (Fsp3) is 1.00. The van der Waals surface area contributed by atoms with Gasteiger partial charge in [0.2, 0.25) is 0 Å². The standard InChI is InChI=1S/3C3H7O.Al.Li/c3*1-2-3-4;;/h3*2-3H2,1H3;;/q3*-1;+3;. The van der Waals surface area contributed by atoms with Gasteiger partial charge in [-0.05, 0) is 19.3 Å². The predicted molar refractivity (Wildman–Crippen MR) is 60.2 cm³/mol. The van der Waals surface area contributed by atoms with Gasteiger partial charge in [-0.15, -0.1) is 0 Å². The zero-order chi connectivity index (χ0) is 9.94. The van der Waals surface area contributed by atoms with E-state index in [4.69, 9.17) is 11.4 Å². The molecule has 0 aromatic heterocycles. The Morgan fingerprint density at radius 1 is 0.714 bits per heavy atom. The average Bonchev–Trinajstić information content (AvgIpc) is 2.17. The molecule has 0 aliphatic carbocycles. The minimum absolute atomic E-state index is 0. The molecule has 0 amide bonds. The van der Waals surface area contributed by atoms with E-state index in [1.807, 2.05) is 0 Å². The fourth-order valence-corrected chi connectivity index (χ4v) is 2.36. The van der Waals surface area contributed by atoms with Crippen molar-refractivity contribution in [2.45, 2.75) is 40.0 Å². The van der Waals surface area contributed by atoms with E-state index in [1.54, 1.807) is 0 Å². The Hall–Kier alpha value is 1.01. The summed E-state index contributed by atoms with van der Waals surface area (Å²) in [6.45, 7) is 8.53. The van der Waals surface area contributed by atoms with Crippen LogP contribution in [0.2, 0.25) is 0 Å². The van der Waals surface area contributed by atoms with Crippen LogP contribution < -0.4 is 0 Å². The van der Waals surface area contributed by atoms with Crippen LogP contribution in [0.4, 0.5) is 0 Å². The molecule has 0 unspecified atom stereocenters. The summed E-state index contributed by atoms with van der Waals surface area (Å²) in [5, 5.41) is 0. The number of hydrogen-bond donors (Lipinski definition) is 0. The van der Waals surface area contributed by atoms with Gasteiger partial charge in [0.05, 0.1) is 0 Å². The van der Waals surface area contributed by atoms with Gasteiger partial charge in [-0.3, -0.25) is 0 Å². The third kappa shape index (κ3) is 11.1. The summed E-state index contributed by atoms with van der Waals surface area (Å²) in [6.07, 6.45) is 3.07. The van der Waals surface area contributed by atoms with Gasteiger partial charge in [-0.1, -0.05) is 20.8 Å². The van der Waals surface area contributed by atoms with Crippen LogP contribution in [-0.4, -0.2) is 53.8 Å². The van der Waals surface area contributed by atoms with Gasteiger partial charge in [-0.25, -0.2) is 0 Å². The van der Waals surface area contributed by atoms with Crippen molar-refractivity contribution >= 4 is 34.0 Å². The number of rotatable bonds is 9. The zero-order valence-electron chi connectivity index (χ0n) is 10.0. The molecule has 0 saturated heterocycles. The Bertz CT molecular complexity index is 87.0. The maximum Gasteiger partial charge on any atom is 0.905 e. The predicted octanol–water partition coefficient (Wildman–Crippen LogP) is 1.87. The van der Waals surface area contributed by atoms with Gasteiger partial charge >= 0.3 is 15.1 Å². The van der Waals surface area contributed by atoms with Gasteiger partial charge in [0.1, 0.15) is 0 Å². The van der Waals surface area contributed by atoms with Crippen LogP contribution in [0, 0.1) is 0 Å². The van der Waals surface area contributed by atoms with E-state index in [9.17, 15) is 0 Å². The van der Waals surface area contributed by atoms with E-state index < -0.39 is 15.1 Å². The summed E-state index contributed by atoms with van der Waals surface area (Å²) in [7, 11) is 0. The second-order valence-corrected chi connectivity index (χ2v) is 4.48. The second-order valence-electron chi connectivity index (χ2n) is 2.90. The average molecular weight is 211 g/mol. The van der Waals surface area contributed by atoms with Crippen molar-refractivity contribution in [3.05, 3.63) is 0 Å². The first-order chi connectivity index (χ1) is 6.35. The monoisotopic (exact) mass is 211 g/mol. The molecule has 1 radical (unpaired) electrons. The SMILES string of the molecule is CCC[O][Al]([O]CCC)[O]CCC.[Li]. The van der Waals surface area contributed by atoms with Crippen LogP contribution in [0.15, 0.2) is 0 Å². The van der Waals surface area contributed by atoms with Crippen molar-refractivity contribution in [2.75, 3.05) is 19.8 Å². The van der Waals surface area contributed by atoms with Crippen molar-refractivity contribution < 1.29 is 11.4 Å². The molecule has 0 aromatic carbocycles. The van der Waals surface area contributed by atoms with Crippen molar-refractivity contribution in [2.24, 2.45) is 0 Å². The van der Waals surface area contributed by atoms with Crippen LogP contribution in [0.3, 0.4) is 0 Å². The zero-order valence-corrected chi connectivity index (χ0v) is 11.2. The molecule has 0 atom stereocenters. The van der Waals surface area contributed by atoms with E-state index >= 15 is 0 Å². The Balaban J connectivity index is 0. The Kier molecular flexibility index (Phi) is 17.4. The van der Waals surface area contributed by atoms with Crippen LogP contribution in [0.25, 0.3) is 0 Å². The Morgan fingerprint density at radius 2 is 1.00 bits per heavy atom. The van der Waals surface area contributed by atoms with Gasteiger partial charge in [0.15, 0.2) is 0 Å². The third-order valence-corrected chi connectivity index (χ3v) is 2.90. The smallest absolute Gasteiger partial charge is 0.454 e. The molecule has 0 fully saturated rings. The molecule has 0 spiro atoms. The maximum atomic E-state index is 5.49. The summed E-state index contributed by atoms with van der Waals surface area (Å²) in [6, 6.07) is 0. The van der Waals surface area contributed by atoms with E-state index in [2.05, 4.69) is 20.8 Å². The normalized spacial score (nSPS) is 9.64. The fourth-order valence-electron chi connectivity index (χ4n) is 0.787. The summed E-state index contributed by atoms with van der Waals surface area (Å²) < 4.78 is 16.5. The van der Waals surface area contributed by atoms with Crippen LogP contribution >= 0.6 is 0 Å². The summed E-state index contributed by atoms with van der Waals surface area (Å²) in [5.74, 6) is 0. The van der Waals surface area contributed by atoms with E-state index in [-0.39, 0.29) is 18.9 Å². The molecule has 0 bridgehead atoms. The molecule has 0 aliphatic heterocycles. The van der Waals surface area contributed by atoms with Crippen LogP contribution in [0.5, 0.6) is 0 Å². The molecular weight excluding hydrogens is 190 g/mol. The summed E-state index contributed by atoms with van der Waals surface area (Å²) in [5.41, 5.74) is 0. The molecule has 0 aliphatic rings. The molecule has 3 nitrogen and oxygen atoms in total. The quantitative estimate of drug-likeness (QED) is 0.545. The maximum absolute atomic E-state index is 5.49. The first-order valence-electron chi connectivity index (χ1n) is 5.19. The summed E-state index contributed by atoms with van der Waals surface area (Å²) >= 11 is -1.79. The third-order valence-electron chi connectivity index (χ3n) is 1.37. The molecule has 5 heteroatoms. The van der Waals surface area contributed by atoms with E-state index in [1.165, 1.54) is 0 Å². The first-order valence-corrected chi connectivity index (χ1v) is 6.61. The van der Waals surface area contributed by atoms with Crippen LogP contribution in [-0.2, 0) is 11.4 Å². The van der Waals surface area contributed by atoms with Crippen molar-refractivity contribution in [1.82, 2.24) is 0 Å². The molecule has 79 valence electrons. The molecule has 0 rings (SSSR count). The largest absolute Gasteiger partial charge is 0.905 e. The van der Waals surface area contributed by atoms with Gasteiger partial charge in [0.25, 0.3) is 0 Å². The van der Waals surface area contributed by atoms with Crippen molar-refractivity contribution in [1.29, 1.82) is 0 Å². The minimum Gasteiger partial charge on any atom is -0.454 e. The Labute approximate surface area is 105 Å². The minimum atomic E-state index is -1.79. The van der Waals surface area contributed by atoms with Crippen molar-refractivity contribution in [3.8, 4) is 0 Å². The van der Waals surface area contributed by atoms with Gasteiger partial charge in [0, 0.05) is 38.7 Å². The van der Waals surface area contributed by atoms with E-state index in [0.717, 1.165) is 39.1 Å². The topological polar surface area (TPSA) is 27.7 Å². The molecule has 14 heavy (non-hydrogen) atoms. The number of hydrogen-bond acceptors (Lipinski definition) is 3. The second kappa shape index (κ2) is 14.0. The Morgan fingerprint density at radius 3 is 1.21 bits per heavy atom. The molecule has 0 heterocycles. The first kappa shape index (κ1) is 17.4. The molecule has 0 saturated carbocycles. The van der Waals surface area contributed by atoms with Crippen LogP contribution in [0.1, 0.15) is 40.0 Å². The van der Waals surface area contributed by atoms with Gasteiger partial charge < -0.3 is 11.4 Å². The molecule has 0 N–H and O–H groups in total. The van der Waals surface area contributed by atoms with Crippen molar-refractivity contribution in [3.63, 3.8) is 0 Å². The molecule has 0 aromatic rings. The van der Waals surface area contributed by atoms with Gasteiger partial charge in [-0.2, -0.15) is 0 Å². The summed E-state index contributed by atoms with van der Waals surface area (Å²) in [4.78, 5) is 0. The molecular formula is C9H21AlLiO3.